The lowest BCUT2D eigenvalue weighted by Gasteiger charge is -2.60. The minimum absolute atomic E-state index is 0.00367. The molecule has 35 heavy (non-hydrogen) atoms. The van der Waals surface area contributed by atoms with Crippen LogP contribution >= 0.6 is 0 Å². The number of amides is 1. The van der Waals surface area contributed by atoms with Crippen LogP contribution in [0.5, 0.6) is 0 Å². The second-order valence-corrected chi connectivity index (χ2v) is 11.9. The van der Waals surface area contributed by atoms with Gasteiger partial charge in [-0.25, -0.2) is 9.37 Å². The third kappa shape index (κ3) is 4.32. The van der Waals surface area contributed by atoms with Gasteiger partial charge in [0.2, 0.25) is 5.91 Å². The summed E-state index contributed by atoms with van der Waals surface area (Å²) >= 11 is 0. The highest BCUT2D eigenvalue weighted by atomic mass is 19.3. The van der Waals surface area contributed by atoms with Gasteiger partial charge in [-0.3, -0.25) is 9.69 Å². The molecule has 0 aromatic carbocycles. The number of aliphatic hydroxyl groups excluding tert-OH is 1. The first-order valence-corrected chi connectivity index (χ1v) is 12.9. The molecule has 4 saturated carbocycles. The van der Waals surface area contributed by atoms with Gasteiger partial charge in [-0.2, -0.15) is 8.78 Å². The molecule has 6 nitrogen and oxygen atoms in total. The smallest absolute Gasteiger partial charge is 0.304 e. The predicted molar refractivity (Wildman–Crippen MR) is 127 cm³/mol. The number of carbonyl (C=O) groups is 1. The molecule has 6 rings (SSSR count). The van der Waals surface area contributed by atoms with E-state index in [9.17, 15) is 23.1 Å². The number of nitrogens with one attached hydrogen (secondary N) is 1. The molecule has 0 spiro atoms. The van der Waals surface area contributed by atoms with Crippen LogP contribution in [0.2, 0.25) is 0 Å². The molecule has 4 aliphatic carbocycles. The van der Waals surface area contributed by atoms with Crippen LogP contribution < -0.4 is 10.2 Å². The molecule has 1 amide bonds. The van der Waals surface area contributed by atoms with Gasteiger partial charge >= 0.3 is 5.92 Å². The first kappa shape index (κ1) is 24.8. The molecule has 2 N–H and O–H groups in total. The van der Waals surface area contributed by atoms with Crippen LogP contribution in [0, 0.1) is 23.2 Å². The highest BCUT2D eigenvalue weighted by Gasteiger charge is 2.56. The van der Waals surface area contributed by atoms with Gasteiger partial charge in [0.05, 0.1) is 11.1 Å². The number of hydrogen-bond acceptors (Lipinski definition) is 5. The third-order valence-corrected chi connectivity index (χ3v) is 9.31. The molecule has 9 heteroatoms. The second-order valence-electron chi connectivity index (χ2n) is 11.9. The number of pyridine rings is 1. The molecule has 5 aliphatic rings. The zero-order valence-electron chi connectivity index (χ0n) is 20.7. The van der Waals surface area contributed by atoms with E-state index >= 15 is 0 Å². The molecule has 5 fully saturated rings. The lowest BCUT2D eigenvalue weighted by molar-refractivity contribution is -0.140. The fraction of sp³-hybridized carbons (Fsp3) is 0.769. The van der Waals surface area contributed by atoms with Crippen LogP contribution in [0.25, 0.3) is 0 Å². The molecule has 2 atom stereocenters. The van der Waals surface area contributed by atoms with Crippen molar-refractivity contribution in [3.63, 3.8) is 0 Å². The van der Waals surface area contributed by atoms with Crippen LogP contribution in [0.15, 0.2) is 18.3 Å². The average Bonchev–Trinajstić information content (AvgIpc) is 2.85. The SMILES string of the molecule is CC(C)(C(=O)NC1C2CC3CC1CC(CO)(C3)C2)N1CCN(c2ncccc2C(F)(F)CF)CC1. The molecule has 1 saturated heterocycles. The number of piperazine rings is 1. The van der Waals surface area contributed by atoms with Crippen LogP contribution in [0.4, 0.5) is 19.0 Å². The summed E-state index contributed by atoms with van der Waals surface area (Å²) in [6.07, 6.45) is 6.84. The van der Waals surface area contributed by atoms with Gasteiger partial charge in [0.1, 0.15) is 5.82 Å². The van der Waals surface area contributed by atoms with E-state index in [1.807, 2.05) is 13.8 Å². The maximum Gasteiger partial charge on any atom is 0.304 e. The third-order valence-electron chi connectivity index (χ3n) is 9.31. The Morgan fingerprint density at radius 2 is 1.83 bits per heavy atom. The van der Waals surface area contributed by atoms with Crippen molar-refractivity contribution in [2.75, 3.05) is 44.4 Å². The fourth-order valence-corrected chi connectivity index (χ4v) is 7.58. The van der Waals surface area contributed by atoms with Gasteiger partial charge in [-0.1, -0.05) is 0 Å². The van der Waals surface area contributed by atoms with E-state index in [4.69, 9.17) is 0 Å². The van der Waals surface area contributed by atoms with Gasteiger partial charge < -0.3 is 15.3 Å². The van der Waals surface area contributed by atoms with Crippen molar-refractivity contribution in [2.24, 2.45) is 23.2 Å². The molecular weight excluding hydrogens is 457 g/mol. The molecule has 4 bridgehead atoms. The van der Waals surface area contributed by atoms with Gasteiger partial charge in [0, 0.05) is 45.0 Å². The Kier molecular flexibility index (Phi) is 6.31. The monoisotopic (exact) mass is 494 g/mol. The Bertz CT molecular complexity index is 934. The lowest BCUT2D eigenvalue weighted by Crippen LogP contribution is -2.65. The largest absolute Gasteiger partial charge is 0.396 e. The van der Waals surface area contributed by atoms with E-state index in [0.29, 0.717) is 43.9 Å². The van der Waals surface area contributed by atoms with Crippen LogP contribution in [0.1, 0.15) is 51.5 Å². The van der Waals surface area contributed by atoms with Gasteiger partial charge in [-0.15, -0.1) is 0 Å². The molecule has 1 aromatic rings. The van der Waals surface area contributed by atoms with Crippen LogP contribution in [-0.2, 0) is 10.7 Å². The summed E-state index contributed by atoms with van der Waals surface area (Å²) in [6, 6.07) is 2.80. The number of rotatable bonds is 7. The van der Waals surface area contributed by atoms with E-state index in [2.05, 4.69) is 15.2 Å². The molecule has 2 heterocycles. The first-order valence-electron chi connectivity index (χ1n) is 12.9. The molecule has 194 valence electrons. The molecule has 1 aromatic heterocycles. The topological polar surface area (TPSA) is 68.7 Å². The molecule has 2 unspecified atom stereocenters. The van der Waals surface area contributed by atoms with Gasteiger partial charge in [0.25, 0.3) is 0 Å². The Morgan fingerprint density at radius 1 is 1.17 bits per heavy atom. The highest BCUT2D eigenvalue weighted by molar-refractivity contribution is 5.85. The molecule has 1 aliphatic heterocycles. The fourth-order valence-electron chi connectivity index (χ4n) is 7.58. The van der Waals surface area contributed by atoms with E-state index in [0.717, 1.165) is 32.1 Å². The van der Waals surface area contributed by atoms with Gasteiger partial charge in [-0.05, 0) is 81.3 Å². The van der Waals surface area contributed by atoms with E-state index in [-0.39, 0.29) is 29.8 Å². The standard InChI is InChI=1S/C26H37F3N4O2/c1-24(2,23(35)31-21-18-10-17-11-19(21)14-25(12-17,13-18)16-34)33-8-6-32(7-9-33)22-20(4-3-5-30-22)26(28,29)15-27/h3-5,17-19,21,34H,6-16H2,1-2H3,(H,31,35). The number of aromatic nitrogens is 1. The van der Waals surface area contributed by atoms with Crippen molar-refractivity contribution in [2.45, 2.75) is 63.5 Å². The average molecular weight is 495 g/mol. The van der Waals surface area contributed by atoms with Gasteiger partial charge in [0.15, 0.2) is 6.67 Å². The van der Waals surface area contributed by atoms with Crippen molar-refractivity contribution in [1.82, 2.24) is 15.2 Å². The van der Waals surface area contributed by atoms with Crippen molar-refractivity contribution < 1.29 is 23.1 Å². The number of nitrogens with zero attached hydrogens (tertiary/aromatic N) is 3. The first-order chi connectivity index (χ1) is 16.6. The Balaban J connectivity index is 1.23. The molecule has 0 radical (unpaired) electrons. The number of halogens is 3. The quantitative estimate of drug-likeness (QED) is 0.609. The maximum absolute atomic E-state index is 14.1. The van der Waals surface area contributed by atoms with E-state index < -0.39 is 23.7 Å². The molecular formula is C26H37F3N4O2. The summed E-state index contributed by atoms with van der Waals surface area (Å²) in [6.45, 7) is 4.23. The van der Waals surface area contributed by atoms with Crippen LogP contribution in [-0.4, -0.2) is 71.9 Å². The second kappa shape index (κ2) is 8.91. The Hall–Kier alpha value is -1.87. The van der Waals surface area contributed by atoms with E-state index in [1.165, 1.54) is 18.3 Å². The number of alkyl halides is 3. The zero-order chi connectivity index (χ0) is 25.0. The maximum atomic E-state index is 14.1. The zero-order valence-corrected chi connectivity index (χ0v) is 20.7. The van der Waals surface area contributed by atoms with Crippen molar-refractivity contribution >= 4 is 11.7 Å². The summed E-state index contributed by atoms with van der Waals surface area (Å²) in [5.74, 6) is -1.91. The van der Waals surface area contributed by atoms with Crippen molar-refractivity contribution in [3.05, 3.63) is 23.9 Å². The number of aliphatic hydroxyl groups is 1. The Labute approximate surface area is 205 Å². The summed E-state index contributed by atoms with van der Waals surface area (Å²) in [4.78, 5) is 21.5. The summed E-state index contributed by atoms with van der Waals surface area (Å²) in [5, 5.41) is 13.4. The summed E-state index contributed by atoms with van der Waals surface area (Å²) in [7, 11) is 0. The highest BCUT2D eigenvalue weighted by Crippen LogP contribution is 2.59. The van der Waals surface area contributed by atoms with Crippen molar-refractivity contribution in [3.8, 4) is 0 Å². The number of carbonyl (C=O) groups excluding carboxylic acids is 1. The number of hydrogen-bond donors (Lipinski definition) is 2. The van der Waals surface area contributed by atoms with Crippen molar-refractivity contribution in [1.29, 1.82) is 0 Å². The number of anilines is 1. The summed E-state index contributed by atoms with van der Waals surface area (Å²) in [5.41, 5.74) is -1.08. The van der Waals surface area contributed by atoms with E-state index in [1.54, 1.807) is 4.90 Å². The normalized spacial score (nSPS) is 33.3. The predicted octanol–water partition coefficient (Wildman–Crippen LogP) is 3.35. The van der Waals surface area contributed by atoms with Crippen LogP contribution in [0.3, 0.4) is 0 Å². The minimum atomic E-state index is -3.58. The lowest BCUT2D eigenvalue weighted by atomic mass is 9.48. The summed E-state index contributed by atoms with van der Waals surface area (Å²) < 4.78 is 41.3. The minimum Gasteiger partial charge on any atom is -0.396 e. The Morgan fingerprint density at radius 3 is 2.43 bits per heavy atom.